The molecule has 1 fully saturated rings. The number of likely N-dealkylation sites (tertiary alicyclic amines) is 1. The Kier molecular flexibility index (Phi) is 10.8. The molecule has 0 aromatic carbocycles. The number of hydrogen-bond donors (Lipinski definition) is 3. The van der Waals surface area contributed by atoms with E-state index in [1.54, 1.807) is 0 Å². The van der Waals surface area contributed by atoms with E-state index in [-0.39, 0.29) is 29.9 Å². The second kappa shape index (κ2) is 12.0. The number of nitrogens with zero attached hydrogens (tertiary/aromatic N) is 2. The highest BCUT2D eigenvalue weighted by Crippen LogP contribution is 2.29. The highest BCUT2D eigenvalue weighted by molar-refractivity contribution is 14.0. The molecule has 2 rings (SSSR count). The molecule has 4 N–H and O–H groups in total. The van der Waals surface area contributed by atoms with Crippen LogP contribution in [0, 0.1) is 11.3 Å². The van der Waals surface area contributed by atoms with Crippen molar-refractivity contribution in [2.75, 3.05) is 32.7 Å². The Labute approximate surface area is 190 Å². The Bertz CT molecular complexity index is 612. The number of guanidine groups is 1. The van der Waals surface area contributed by atoms with Gasteiger partial charge < -0.3 is 16.4 Å². The molecule has 8 heteroatoms. The number of thiophene rings is 1. The van der Waals surface area contributed by atoms with Gasteiger partial charge in [0.25, 0.3) is 0 Å². The molecule has 1 amide bonds. The van der Waals surface area contributed by atoms with E-state index < -0.39 is 5.41 Å². The third kappa shape index (κ3) is 7.51. The fourth-order valence-corrected chi connectivity index (χ4v) is 3.98. The lowest BCUT2D eigenvalue weighted by atomic mass is 9.93. The Morgan fingerprint density at radius 1 is 1.39 bits per heavy atom. The Morgan fingerprint density at radius 3 is 2.61 bits per heavy atom. The molecule has 1 unspecified atom stereocenters. The molecule has 1 aromatic heterocycles. The zero-order chi connectivity index (χ0) is 19.9. The zero-order valence-electron chi connectivity index (χ0n) is 17.5. The van der Waals surface area contributed by atoms with Gasteiger partial charge in [0, 0.05) is 18.0 Å². The predicted octanol–water partition coefficient (Wildman–Crippen LogP) is 3.21. The molecule has 0 radical (unpaired) electrons. The van der Waals surface area contributed by atoms with Gasteiger partial charge in [0.2, 0.25) is 5.91 Å². The zero-order valence-corrected chi connectivity index (χ0v) is 20.7. The van der Waals surface area contributed by atoms with Crippen molar-refractivity contribution in [3.8, 4) is 0 Å². The number of rotatable bonds is 8. The normalized spacial score (nSPS) is 17.6. The second-order valence-electron chi connectivity index (χ2n) is 8.07. The van der Waals surface area contributed by atoms with Crippen LogP contribution < -0.4 is 16.4 Å². The fourth-order valence-electron chi connectivity index (χ4n) is 3.12. The number of carbonyl (C=O) groups is 1. The predicted molar refractivity (Wildman–Crippen MR) is 129 cm³/mol. The van der Waals surface area contributed by atoms with Crippen molar-refractivity contribution in [3.05, 3.63) is 22.4 Å². The lowest BCUT2D eigenvalue weighted by Gasteiger charge is -2.36. The third-order valence-corrected chi connectivity index (χ3v) is 6.21. The standard InChI is InChI=1S/C20H35N5OS.HI/c1-5-22-19(24-14-20(3,4)18(21)26)23-13-16(17-7-6-12-27-17)25-10-8-15(2)9-11-25;/h6-7,12,15-16H,5,8-11,13-14H2,1-4H3,(H2,21,26)(H2,22,23,24);1H. The SMILES string of the molecule is CCNC(=NCC(C)(C)C(N)=O)NCC(c1cccs1)N1CCC(C)CC1.I. The first kappa shape index (κ1) is 25.2. The molecular formula is C20H36IN5OS. The lowest BCUT2D eigenvalue weighted by Crippen LogP contribution is -2.45. The van der Waals surface area contributed by atoms with Gasteiger partial charge in [-0.1, -0.05) is 13.0 Å². The van der Waals surface area contributed by atoms with Crippen LogP contribution in [0.3, 0.4) is 0 Å². The van der Waals surface area contributed by atoms with Crippen molar-refractivity contribution in [2.45, 2.75) is 46.6 Å². The molecule has 0 aliphatic carbocycles. The van der Waals surface area contributed by atoms with Gasteiger partial charge in [-0.2, -0.15) is 0 Å². The van der Waals surface area contributed by atoms with Crippen LogP contribution in [0.25, 0.3) is 0 Å². The van der Waals surface area contributed by atoms with Crippen LogP contribution in [0.4, 0.5) is 0 Å². The summed E-state index contributed by atoms with van der Waals surface area (Å²) in [7, 11) is 0. The number of carbonyl (C=O) groups excluding carboxylic acids is 1. The minimum absolute atomic E-state index is 0. The first-order valence-electron chi connectivity index (χ1n) is 9.93. The first-order chi connectivity index (χ1) is 12.8. The monoisotopic (exact) mass is 521 g/mol. The van der Waals surface area contributed by atoms with E-state index in [1.165, 1.54) is 17.7 Å². The summed E-state index contributed by atoms with van der Waals surface area (Å²) in [6.45, 7) is 12.2. The molecule has 0 spiro atoms. The van der Waals surface area contributed by atoms with Crippen LogP contribution in [0.2, 0.25) is 0 Å². The molecule has 160 valence electrons. The van der Waals surface area contributed by atoms with Gasteiger partial charge in [-0.3, -0.25) is 14.7 Å². The van der Waals surface area contributed by atoms with Gasteiger partial charge >= 0.3 is 0 Å². The van der Waals surface area contributed by atoms with Crippen LogP contribution >= 0.6 is 35.3 Å². The molecule has 0 saturated carbocycles. The van der Waals surface area contributed by atoms with Crippen LogP contribution in [-0.2, 0) is 4.79 Å². The summed E-state index contributed by atoms with van der Waals surface area (Å²) in [6, 6.07) is 4.68. The van der Waals surface area contributed by atoms with Crippen molar-refractivity contribution in [1.82, 2.24) is 15.5 Å². The van der Waals surface area contributed by atoms with E-state index in [0.29, 0.717) is 12.6 Å². The summed E-state index contributed by atoms with van der Waals surface area (Å²) in [5.74, 6) is 1.22. The van der Waals surface area contributed by atoms with Crippen molar-refractivity contribution in [1.29, 1.82) is 0 Å². The van der Waals surface area contributed by atoms with Crippen molar-refractivity contribution in [2.24, 2.45) is 22.1 Å². The second-order valence-corrected chi connectivity index (χ2v) is 9.05. The van der Waals surface area contributed by atoms with E-state index in [1.807, 2.05) is 32.1 Å². The van der Waals surface area contributed by atoms with Crippen LogP contribution in [0.1, 0.15) is 51.5 Å². The molecule has 0 bridgehead atoms. The van der Waals surface area contributed by atoms with Gasteiger partial charge in [0.05, 0.1) is 18.0 Å². The summed E-state index contributed by atoms with van der Waals surface area (Å²) >= 11 is 1.81. The highest BCUT2D eigenvalue weighted by atomic mass is 127. The van der Waals surface area contributed by atoms with Crippen LogP contribution in [0.5, 0.6) is 0 Å². The van der Waals surface area contributed by atoms with Gasteiger partial charge in [-0.05, 0) is 64.1 Å². The number of aliphatic imine (C=N–C) groups is 1. The summed E-state index contributed by atoms with van der Waals surface area (Å²) in [5.41, 5.74) is 4.82. The summed E-state index contributed by atoms with van der Waals surface area (Å²) < 4.78 is 0. The molecule has 28 heavy (non-hydrogen) atoms. The highest BCUT2D eigenvalue weighted by Gasteiger charge is 2.26. The molecule has 2 heterocycles. The average Bonchev–Trinajstić information content (AvgIpc) is 3.15. The number of hydrogen-bond acceptors (Lipinski definition) is 4. The lowest BCUT2D eigenvalue weighted by molar-refractivity contribution is -0.125. The van der Waals surface area contributed by atoms with Crippen LogP contribution in [0.15, 0.2) is 22.5 Å². The number of amides is 1. The summed E-state index contributed by atoms with van der Waals surface area (Å²) in [5, 5.41) is 8.90. The molecule has 1 saturated heterocycles. The van der Waals surface area contributed by atoms with E-state index in [4.69, 9.17) is 5.73 Å². The molecule has 6 nitrogen and oxygen atoms in total. The van der Waals surface area contributed by atoms with Gasteiger partial charge in [0.15, 0.2) is 5.96 Å². The molecule has 1 atom stereocenters. The maximum absolute atomic E-state index is 11.6. The van der Waals surface area contributed by atoms with Crippen molar-refractivity contribution >= 4 is 47.2 Å². The summed E-state index contributed by atoms with van der Waals surface area (Å²) in [6.07, 6.45) is 2.51. The third-order valence-electron chi connectivity index (χ3n) is 5.24. The van der Waals surface area contributed by atoms with Crippen molar-refractivity contribution in [3.63, 3.8) is 0 Å². The minimum Gasteiger partial charge on any atom is -0.369 e. The number of nitrogens with two attached hydrogens (primary N) is 1. The Morgan fingerprint density at radius 2 is 2.07 bits per heavy atom. The largest absolute Gasteiger partial charge is 0.369 e. The molecule has 1 aliphatic rings. The van der Waals surface area contributed by atoms with Gasteiger partial charge in [-0.15, -0.1) is 35.3 Å². The maximum atomic E-state index is 11.6. The Balaban J connectivity index is 0.00000392. The topological polar surface area (TPSA) is 82.7 Å². The van der Waals surface area contributed by atoms with E-state index in [9.17, 15) is 4.79 Å². The smallest absolute Gasteiger partial charge is 0.224 e. The number of primary amides is 1. The Hall–Kier alpha value is -0.870. The van der Waals surface area contributed by atoms with Crippen molar-refractivity contribution < 1.29 is 4.79 Å². The fraction of sp³-hybridized carbons (Fsp3) is 0.700. The van der Waals surface area contributed by atoms with Gasteiger partial charge in [0.1, 0.15) is 0 Å². The summed E-state index contributed by atoms with van der Waals surface area (Å²) in [4.78, 5) is 20.1. The quantitative estimate of drug-likeness (QED) is 0.279. The van der Waals surface area contributed by atoms with E-state index in [0.717, 1.165) is 38.1 Å². The molecule has 1 aliphatic heterocycles. The molecule has 1 aromatic rings. The number of piperidine rings is 1. The van der Waals surface area contributed by atoms with E-state index in [2.05, 4.69) is 45.0 Å². The number of halogens is 1. The van der Waals surface area contributed by atoms with Gasteiger partial charge in [-0.25, -0.2) is 0 Å². The minimum atomic E-state index is -0.654. The number of nitrogens with one attached hydrogen (secondary N) is 2. The maximum Gasteiger partial charge on any atom is 0.224 e. The molecular weight excluding hydrogens is 485 g/mol. The first-order valence-corrected chi connectivity index (χ1v) is 10.8. The van der Waals surface area contributed by atoms with E-state index >= 15 is 0 Å². The van der Waals surface area contributed by atoms with Crippen LogP contribution in [-0.4, -0.2) is 49.5 Å². The average molecular weight is 522 g/mol.